The Morgan fingerprint density at radius 3 is 2.24 bits per heavy atom. The number of rotatable bonds is 5. The zero-order chi connectivity index (χ0) is 23.7. The molecule has 1 unspecified atom stereocenters. The van der Waals surface area contributed by atoms with E-state index in [4.69, 9.17) is 4.74 Å². The van der Waals surface area contributed by atoms with Crippen LogP contribution in [-0.2, 0) is 9.59 Å². The van der Waals surface area contributed by atoms with Crippen LogP contribution in [0.5, 0.6) is 5.75 Å². The third-order valence-corrected chi connectivity index (χ3v) is 6.25. The molecular weight excluding hydrogens is 484 g/mol. The number of nitrogens with zero attached hydrogens (tertiary/aromatic N) is 2. The third kappa shape index (κ3) is 4.12. The molecule has 3 aromatic rings. The summed E-state index contributed by atoms with van der Waals surface area (Å²) < 4.78 is 5.88. The summed E-state index contributed by atoms with van der Waals surface area (Å²) >= 11 is 3.41. The first kappa shape index (κ1) is 22.6. The van der Waals surface area contributed by atoms with Crippen molar-refractivity contribution in [2.24, 2.45) is 0 Å². The molecule has 1 N–H and O–H groups in total. The van der Waals surface area contributed by atoms with Gasteiger partial charge in [-0.2, -0.15) is 0 Å². The minimum atomic E-state index is -0.766. The molecule has 1 atom stereocenters. The maximum atomic E-state index is 13.2. The van der Waals surface area contributed by atoms with Gasteiger partial charge < -0.3 is 14.7 Å². The van der Waals surface area contributed by atoms with E-state index in [0.29, 0.717) is 21.5 Å². The van der Waals surface area contributed by atoms with Crippen LogP contribution in [-0.4, -0.2) is 38.0 Å². The van der Waals surface area contributed by atoms with E-state index in [1.807, 2.05) is 61.5 Å². The van der Waals surface area contributed by atoms with Crippen LogP contribution in [0.2, 0.25) is 0 Å². The number of hydrogen-bond donors (Lipinski definition) is 1. The van der Waals surface area contributed by atoms with Crippen LogP contribution < -0.4 is 14.5 Å². The lowest BCUT2D eigenvalue weighted by atomic mass is 9.95. The van der Waals surface area contributed by atoms with Gasteiger partial charge in [0.2, 0.25) is 0 Å². The number of hydrogen-bond acceptors (Lipinski definition) is 5. The van der Waals surface area contributed by atoms with E-state index < -0.39 is 17.7 Å². The molecule has 6 nitrogen and oxygen atoms in total. The zero-order valence-corrected chi connectivity index (χ0v) is 20.0. The van der Waals surface area contributed by atoms with Crippen molar-refractivity contribution in [2.75, 3.05) is 31.0 Å². The van der Waals surface area contributed by atoms with Gasteiger partial charge in [0, 0.05) is 31.0 Å². The van der Waals surface area contributed by atoms with Crippen LogP contribution in [0.15, 0.2) is 82.8 Å². The fourth-order valence-electron chi connectivity index (χ4n) is 3.93. The molecule has 0 bridgehead atoms. The molecule has 33 heavy (non-hydrogen) atoms. The van der Waals surface area contributed by atoms with Crippen molar-refractivity contribution in [2.45, 2.75) is 6.04 Å². The monoisotopic (exact) mass is 506 g/mol. The normalized spacial score (nSPS) is 17.3. The first-order valence-corrected chi connectivity index (χ1v) is 11.1. The van der Waals surface area contributed by atoms with E-state index in [1.165, 1.54) is 4.90 Å². The maximum absolute atomic E-state index is 13.2. The van der Waals surface area contributed by atoms with Crippen molar-refractivity contribution in [3.05, 3.63) is 94.0 Å². The van der Waals surface area contributed by atoms with E-state index in [9.17, 15) is 14.7 Å². The lowest BCUT2D eigenvalue weighted by molar-refractivity contribution is -0.132. The highest BCUT2D eigenvalue weighted by Crippen LogP contribution is 2.43. The van der Waals surface area contributed by atoms with Crippen LogP contribution in [0.25, 0.3) is 5.76 Å². The van der Waals surface area contributed by atoms with Crippen molar-refractivity contribution >= 4 is 44.8 Å². The standard InChI is InChI=1S/C26H23BrN2O4/c1-28(2)18-10-12-19(13-11-18)29-23(16-7-5-4-6-8-16)22(25(31)26(29)32)24(30)17-9-14-21(33-3)20(27)15-17/h4-15,23,30H,1-3H3/b24-22-. The number of ether oxygens (including phenoxy) is 1. The summed E-state index contributed by atoms with van der Waals surface area (Å²) in [6, 6.07) is 20.9. The number of methoxy groups -OCH3 is 1. The summed E-state index contributed by atoms with van der Waals surface area (Å²) in [4.78, 5) is 29.8. The van der Waals surface area contributed by atoms with Gasteiger partial charge >= 0.3 is 0 Å². The van der Waals surface area contributed by atoms with Crippen molar-refractivity contribution in [1.29, 1.82) is 0 Å². The SMILES string of the molecule is COc1ccc(/C(O)=C2/C(=O)C(=O)N(c3ccc(N(C)C)cc3)C2c2ccccc2)cc1Br. The number of anilines is 2. The summed E-state index contributed by atoms with van der Waals surface area (Å²) in [5.74, 6) is -1.06. The predicted octanol–water partition coefficient (Wildman–Crippen LogP) is 5.15. The molecule has 4 rings (SSSR count). The molecular formula is C26H23BrN2O4. The van der Waals surface area contributed by atoms with E-state index >= 15 is 0 Å². The Morgan fingerprint density at radius 1 is 1.00 bits per heavy atom. The average molecular weight is 507 g/mol. The highest BCUT2D eigenvalue weighted by atomic mass is 79.9. The molecule has 1 saturated heterocycles. The number of benzene rings is 3. The Kier molecular flexibility index (Phi) is 6.24. The number of halogens is 1. The van der Waals surface area contributed by atoms with Gasteiger partial charge in [0.15, 0.2) is 0 Å². The molecule has 0 saturated carbocycles. The predicted molar refractivity (Wildman–Crippen MR) is 133 cm³/mol. The molecule has 1 aliphatic rings. The van der Waals surface area contributed by atoms with Crippen LogP contribution in [0.1, 0.15) is 17.2 Å². The third-order valence-electron chi connectivity index (χ3n) is 5.63. The van der Waals surface area contributed by atoms with Crippen LogP contribution in [0.4, 0.5) is 11.4 Å². The zero-order valence-electron chi connectivity index (χ0n) is 18.4. The molecule has 0 spiro atoms. The van der Waals surface area contributed by atoms with Gasteiger partial charge in [-0.25, -0.2) is 0 Å². The Morgan fingerprint density at radius 2 is 1.67 bits per heavy atom. The molecule has 7 heteroatoms. The highest BCUT2D eigenvalue weighted by Gasteiger charge is 2.46. The quantitative estimate of drug-likeness (QED) is 0.294. The van der Waals surface area contributed by atoms with Gasteiger partial charge in [-0.15, -0.1) is 0 Å². The number of carbonyl (C=O) groups excluding carboxylic acids is 2. The van der Waals surface area contributed by atoms with E-state index in [-0.39, 0.29) is 11.3 Å². The first-order valence-electron chi connectivity index (χ1n) is 10.3. The van der Waals surface area contributed by atoms with Gasteiger partial charge in [0.05, 0.1) is 23.2 Å². The minimum Gasteiger partial charge on any atom is -0.507 e. The van der Waals surface area contributed by atoms with Crippen LogP contribution in [0, 0.1) is 0 Å². The van der Waals surface area contributed by atoms with Crippen molar-refractivity contribution < 1.29 is 19.4 Å². The topological polar surface area (TPSA) is 70.1 Å². The fourth-order valence-corrected chi connectivity index (χ4v) is 4.47. The van der Waals surface area contributed by atoms with Crippen molar-refractivity contribution in [1.82, 2.24) is 0 Å². The smallest absolute Gasteiger partial charge is 0.300 e. The molecule has 0 aliphatic carbocycles. The largest absolute Gasteiger partial charge is 0.507 e. The Hall–Kier alpha value is -3.58. The summed E-state index contributed by atoms with van der Waals surface area (Å²) in [6.45, 7) is 0. The number of aliphatic hydroxyl groups is 1. The second-order valence-electron chi connectivity index (χ2n) is 7.84. The summed E-state index contributed by atoms with van der Waals surface area (Å²) in [5, 5.41) is 11.2. The van der Waals surface area contributed by atoms with Gasteiger partial charge in [-0.05, 0) is 64.0 Å². The Labute approximate surface area is 200 Å². The first-order chi connectivity index (χ1) is 15.8. The lowest BCUT2D eigenvalue weighted by Crippen LogP contribution is -2.29. The number of ketones is 1. The second kappa shape index (κ2) is 9.11. The highest BCUT2D eigenvalue weighted by molar-refractivity contribution is 9.10. The van der Waals surface area contributed by atoms with E-state index in [0.717, 1.165) is 11.3 Å². The summed E-state index contributed by atoms with van der Waals surface area (Å²) in [6.07, 6.45) is 0. The molecule has 1 amide bonds. The maximum Gasteiger partial charge on any atom is 0.300 e. The van der Waals surface area contributed by atoms with Gasteiger partial charge in [0.25, 0.3) is 11.7 Å². The molecule has 0 radical (unpaired) electrons. The molecule has 3 aromatic carbocycles. The van der Waals surface area contributed by atoms with Gasteiger partial charge in [0.1, 0.15) is 11.5 Å². The van der Waals surface area contributed by atoms with E-state index in [1.54, 1.807) is 37.4 Å². The van der Waals surface area contributed by atoms with Gasteiger partial charge in [-0.3, -0.25) is 14.5 Å². The fraction of sp³-hybridized carbons (Fsp3) is 0.154. The lowest BCUT2D eigenvalue weighted by Gasteiger charge is -2.26. The number of carbonyl (C=O) groups is 2. The number of aliphatic hydroxyl groups excluding tert-OH is 1. The summed E-state index contributed by atoms with van der Waals surface area (Å²) in [5.41, 5.74) is 2.72. The average Bonchev–Trinajstić information content (AvgIpc) is 3.09. The van der Waals surface area contributed by atoms with Gasteiger partial charge in [-0.1, -0.05) is 30.3 Å². The van der Waals surface area contributed by atoms with Crippen molar-refractivity contribution in [3.8, 4) is 5.75 Å². The molecule has 1 fully saturated rings. The second-order valence-corrected chi connectivity index (χ2v) is 8.69. The molecule has 1 aliphatic heterocycles. The van der Waals surface area contributed by atoms with Crippen LogP contribution >= 0.6 is 15.9 Å². The molecule has 168 valence electrons. The van der Waals surface area contributed by atoms with E-state index in [2.05, 4.69) is 15.9 Å². The van der Waals surface area contributed by atoms with Crippen molar-refractivity contribution in [3.63, 3.8) is 0 Å². The Balaban J connectivity index is 1.89. The number of amides is 1. The number of Topliss-reactive ketones (excluding diaryl/α,β-unsaturated/α-hetero) is 1. The van der Waals surface area contributed by atoms with Crippen LogP contribution in [0.3, 0.4) is 0 Å². The summed E-state index contributed by atoms with van der Waals surface area (Å²) in [7, 11) is 5.40. The minimum absolute atomic E-state index is 0.0416. The Bertz CT molecular complexity index is 1240. The molecule has 1 heterocycles. The molecule has 0 aromatic heterocycles.